The van der Waals surface area contributed by atoms with E-state index in [-0.39, 0.29) is 11.7 Å². The van der Waals surface area contributed by atoms with Crippen molar-refractivity contribution in [3.05, 3.63) is 35.2 Å². The maximum Gasteiger partial charge on any atom is 0.203 e. The number of rotatable bonds is 4. The minimum atomic E-state index is 0.0233. The summed E-state index contributed by atoms with van der Waals surface area (Å²) in [6, 6.07) is 3.77. The van der Waals surface area contributed by atoms with E-state index in [0.29, 0.717) is 35.7 Å². The number of methoxy groups -OCH3 is 3. The third-order valence-electron chi connectivity index (χ3n) is 4.08. The van der Waals surface area contributed by atoms with Crippen LogP contribution >= 0.6 is 0 Å². The summed E-state index contributed by atoms with van der Waals surface area (Å²) >= 11 is 0. The molecule has 1 atom stereocenters. The number of hydrogen-bond acceptors (Lipinski definition) is 5. The zero-order valence-corrected chi connectivity index (χ0v) is 12.8. The lowest BCUT2D eigenvalue weighted by Gasteiger charge is -2.24. The van der Waals surface area contributed by atoms with Crippen molar-refractivity contribution in [1.82, 2.24) is 10.2 Å². The van der Waals surface area contributed by atoms with E-state index in [9.17, 15) is 4.79 Å². The molecule has 0 unspecified atom stereocenters. The normalized spacial score (nSPS) is 17.0. The van der Waals surface area contributed by atoms with Gasteiger partial charge in [-0.1, -0.05) is 6.07 Å². The van der Waals surface area contributed by atoms with E-state index in [4.69, 9.17) is 14.2 Å². The fourth-order valence-electron chi connectivity index (χ4n) is 3.03. The number of nitrogens with one attached hydrogen (secondary N) is 1. The molecule has 0 saturated heterocycles. The van der Waals surface area contributed by atoms with Crippen molar-refractivity contribution >= 4 is 5.78 Å². The molecule has 0 spiro atoms. The number of aromatic nitrogens is 2. The molecule has 1 aromatic carbocycles. The lowest BCUT2D eigenvalue weighted by Crippen LogP contribution is -2.18. The molecule has 3 rings (SSSR count). The first kappa shape index (κ1) is 14.4. The van der Waals surface area contributed by atoms with Gasteiger partial charge >= 0.3 is 0 Å². The molecule has 1 heterocycles. The molecule has 6 heteroatoms. The van der Waals surface area contributed by atoms with Crippen LogP contribution in [0.5, 0.6) is 17.2 Å². The number of aromatic amines is 1. The largest absolute Gasteiger partial charge is 0.493 e. The second kappa shape index (κ2) is 5.71. The van der Waals surface area contributed by atoms with Gasteiger partial charge in [0.1, 0.15) is 0 Å². The number of carbonyl (C=O) groups excluding carboxylic acids is 1. The number of benzene rings is 1. The quantitative estimate of drug-likeness (QED) is 0.938. The van der Waals surface area contributed by atoms with Gasteiger partial charge in [-0.15, -0.1) is 0 Å². The van der Waals surface area contributed by atoms with Crippen LogP contribution in [0.25, 0.3) is 0 Å². The van der Waals surface area contributed by atoms with Crippen molar-refractivity contribution in [2.75, 3.05) is 21.3 Å². The van der Waals surface area contributed by atoms with Crippen LogP contribution in [0.1, 0.15) is 34.0 Å². The predicted molar refractivity (Wildman–Crippen MR) is 80.1 cm³/mol. The van der Waals surface area contributed by atoms with Gasteiger partial charge in [0.25, 0.3) is 0 Å². The van der Waals surface area contributed by atoms with Gasteiger partial charge < -0.3 is 14.2 Å². The van der Waals surface area contributed by atoms with Gasteiger partial charge in [0.15, 0.2) is 17.3 Å². The van der Waals surface area contributed by atoms with E-state index in [0.717, 1.165) is 11.3 Å². The Morgan fingerprint density at radius 1 is 1.09 bits per heavy atom. The molecule has 1 aliphatic rings. The van der Waals surface area contributed by atoms with Crippen LogP contribution < -0.4 is 14.2 Å². The molecule has 0 amide bonds. The number of ketones is 1. The van der Waals surface area contributed by atoms with E-state index >= 15 is 0 Å². The topological polar surface area (TPSA) is 73.4 Å². The first-order valence-electron chi connectivity index (χ1n) is 7.03. The summed E-state index contributed by atoms with van der Waals surface area (Å²) in [7, 11) is 4.74. The van der Waals surface area contributed by atoms with Crippen molar-refractivity contribution in [2.24, 2.45) is 0 Å². The highest BCUT2D eigenvalue weighted by molar-refractivity contribution is 5.98. The molecule has 0 aliphatic heterocycles. The Balaban J connectivity index is 2.04. The molecule has 1 aromatic heterocycles. The van der Waals surface area contributed by atoms with E-state index in [1.165, 1.54) is 0 Å². The van der Waals surface area contributed by atoms with Crippen LogP contribution in [0.2, 0.25) is 0 Å². The predicted octanol–water partition coefficient (Wildman–Crippen LogP) is 2.35. The average Bonchev–Trinajstić information content (AvgIpc) is 3.02. The fourth-order valence-corrected chi connectivity index (χ4v) is 3.03. The van der Waals surface area contributed by atoms with Crippen molar-refractivity contribution in [3.63, 3.8) is 0 Å². The summed E-state index contributed by atoms with van der Waals surface area (Å²) in [5, 5.41) is 6.87. The van der Waals surface area contributed by atoms with E-state index < -0.39 is 0 Å². The lowest BCUT2D eigenvalue weighted by atomic mass is 9.82. The molecular formula is C16H18N2O4. The molecule has 0 saturated carbocycles. The van der Waals surface area contributed by atoms with Crippen LogP contribution in [0.4, 0.5) is 0 Å². The van der Waals surface area contributed by atoms with E-state index in [1.54, 1.807) is 27.5 Å². The number of fused-ring (bicyclic) bond motifs is 1. The minimum Gasteiger partial charge on any atom is -0.493 e. The Kier molecular flexibility index (Phi) is 3.75. The highest BCUT2D eigenvalue weighted by Gasteiger charge is 2.31. The number of hydrogen-bond donors (Lipinski definition) is 1. The highest BCUT2D eigenvalue weighted by atomic mass is 16.5. The number of nitrogens with zero attached hydrogens (tertiary/aromatic N) is 1. The summed E-state index contributed by atoms with van der Waals surface area (Å²) in [4.78, 5) is 12.3. The van der Waals surface area contributed by atoms with Gasteiger partial charge in [-0.25, -0.2) is 0 Å². The first-order valence-corrected chi connectivity index (χ1v) is 7.03. The fraction of sp³-hybridized carbons (Fsp3) is 0.375. The summed E-state index contributed by atoms with van der Waals surface area (Å²) in [5.41, 5.74) is 2.50. The Hall–Kier alpha value is -2.50. The smallest absolute Gasteiger partial charge is 0.203 e. The molecule has 2 aromatic rings. The molecule has 0 fully saturated rings. The summed E-state index contributed by atoms with van der Waals surface area (Å²) in [6.07, 6.45) is 2.74. The summed E-state index contributed by atoms with van der Waals surface area (Å²) in [5.74, 6) is 1.88. The molecule has 22 heavy (non-hydrogen) atoms. The van der Waals surface area contributed by atoms with Gasteiger partial charge in [0.2, 0.25) is 5.75 Å². The Labute approximate surface area is 128 Å². The number of Topliss-reactive ketones (excluding diaryl/α,β-unsaturated/α-hetero) is 1. The van der Waals surface area contributed by atoms with Crippen molar-refractivity contribution in [1.29, 1.82) is 0 Å². The van der Waals surface area contributed by atoms with Crippen molar-refractivity contribution < 1.29 is 19.0 Å². The molecule has 0 bridgehead atoms. The van der Waals surface area contributed by atoms with Crippen LogP contribution in [-0.4, -0.2) is 37.3 Å². The second-order valence-corrected chi connectivity index (χ2v) is 5.21. The maximum absolute atomic E-state index is 12.3. The lowest BCUT2D eigenvalue weighted by molar-refractivity contribution is 0.0963. The molecule has 116 valence electrons. The maximum atomic E-state index is 12.3. The van der Waals surface area contributed by atoms with Crippen LogP contribution in [-0.2, 0) is 6.42 Å². The molecule has 0 radical (unpaired) electrons. The van der Waals surface area contributed by atoms with Gasteiger partial charge in [0.05, 0.1) is 33.1 Å². The monoisotopic (exact) mass is 302 g/mol. The van der Waals surface area contributed by atoms with E-state index in [2.05, 4.69) is 10.2 Å². The Morgan fingerprint density at radius 3 is 2.55 bits per heavy atom. The van der Waals surface area contributed by atoms with Gasteiger partial charge in [-0.2, -0.15) is 5.10 Å². The van der Waals surface area contributed by atoms with Crippen LogP contribution in [0.3, 0.4) is 0 Å². The van der Waals surface area contributed by atoms with Crippen molar-refractivity contribution in [2.45, 2.75) is 18.8 Å². The molecule has 1 aliphatic carbocycles. The summed E-state index contributed by atoms with van der Waals surface area (Å²) in [6.45, 7) is 0. The SMILES string of the molecule is COc1ccc([C@@H]2CC(=O)c3cn[nH]c3C2)c(OC)c1OC. The van der Waals surface area contributed by atoms with Crippen molar-refractivity contribution in [3.8, 4) is 17.2 Å². The van der Waals surface area contributed by atoms with Gasteiger partial charge in [0, 0.05) is 23.6 Å². The third kappa shape index (κ3) is 2.20. The minimum absolute atomic E-state index is 0.0233. The standard InChI is InChI=1S/C16H18N2O4/c1-20-14-5-4-10(15(21-2)16(14)22-3)9-6-12-11(8-17-18-12)13(19)7-9/h4-5,8-9H,6-7H2,1-3H3,(H,17,18)/t9-/m0/s1. The van der Waals surface area contributed by atoms with Crippen LogP contribution in [0, 0.1) is 0 Å². The third-order valence-corrected chi connectivity index (χ3v) is 4.08. The van der Waals surface area contributed by atoms with Crippen LogP contribution in [0.15, 0.2) is 18.3 Å². The Morgan fingerprint density at radius 2 is 1.86 bits per heavy atom. The molecule has 6 nitrogen and oxygen atoms in total. The van der Waals surface area contributed by atoms with Gasteiger partial charge in [-0.05, 0) is 12.5 Å². The molecular weight excluding hydrogens is 284 g/mol. The highest BCUT2D eigenvalue weighted by Crippen LogP contribution is 2.45. The van der Waals surface area contributed by atoms with Gasteiger partial charge in [-0.3, -0.25) is 9.89 Å². The number of carbonyl (C=O) groups is 1. The number of H-pyrrole nitrogens is 1. The van der Waals surface area contributed by atoms with E-state index in [1.807, 2.05) is 12.1 Å². The number of ether oxygens (including phenoxy) is 3. The first-order chi connectivity index (χ1) is 10.7. The zero-order chi connectivity index (χ0) is 15.7. The average molecular weight is 302 g/mol. The molecule has 1 N–H and O–H groups in total. The Bertz CT molecular complexity index is 708. The summed E-state index contributed by atoms with van der Waals surface area (Å²) < 4.78 is 16.2. The second-order valence-electron chi connectivity index (χ2n) is 5.21. The zero-order valence-electron chi connectivity index (χ0n) is 12.8.